The number of benzene rings is 1. The Morgan fingerprint density at radius 3 is 3.00 bits per heavy atom. The number of para-hydroxylation sites is 1. The van der Waals surface area contributed by atoms with Gasteiger partial charge in [0.25, 0.3) is 0 Å². The monoisotopic (exact) mass is 247 g/mol. The van der Waals surface area contributed by atoms with E-state index in [9.17, 15) is 9.90 Å². The molecular formula is C14H17NO3. The number of aliphatic hydroxyl groups excluding tert-OH is 1. The van der Waals surface area contributed by atoms with Crippen LogP contribution in [-0.2, 0) is 4.79 Å². The molecule has 2 atom stereocenters. The minimum atomic E-state index is -0.397. The zero-order valence-electron chi connectivity index (χ0n) is 10.1. The Morgan fingerprint density at radius 1 is 1.44 bits per heavy atom. The number of ether oxygens (including phenoxy) is 1. The number of aliphatic hydroxyl groups is 1. The first-order valence-electron chi connectivity index (χ1n) is 6.43. The molecule has 1 saturated carbocycles. The van der Waals surface area contributed by atoms with Crippen LogP contribution in [0.3, 0.4) is 0 Å². The van der Waals surface area contributed by atoms with Crippen molar-refractivity contribution >= 4 is 5.91 Å². The quantitative estimate of drug-likeness (QED) is 0.836. The smallest absolute Gasteiger partial charge is 0.231 e. The van der Waals surface area contributed by atoms with Crippen molar-refractivity contribution in [1.29, 1.82) is 0 Å². The topological polar surface area (TPSA) is 58.6 Å². The standard InChI is InChI=1S/C14H17NO3/c16-12(9-5-6-9)7-15-14(17)11-8-18-13-4-2-1-3-10(11)13/h1-4,9,11-12,16H,5-8H2,(H,15,17). The van der Waals surface area contributed by atoms with Gasteiger partial charge in [0.2, 0.25) is 5.91 Å². The summed E-state index contributed by atoms with van der Waals surface area (Å²) in [7, 11) is 0. The highest BCUT2D eigenvalue weighted by Crippen LogP contribution is 2.34. The van der Waals surface area contributed by atoms with Crippen LogP contribution >= 0.6 is 0 Å². The predicted octanol–water partition coefficient (Wildman–Crippen LogP) is 1.05. The molecule has 18 heavy (non-hydrogen) atoms. The van der Waals surface area contributed by atoms with Gasteiger partial charge in [-0.3, -0.25) is 4.79 Å². The average Bonchev–Trinajstić information content (AvgIpc) is 3.15. The maximum atomic E-state index is 12.1. The maximum Gasteiger partial charge on any atom is 0.231 e. The van der Waals surface area contributed by atoms with Crippen LogP contribution in [0.25, 0.3) is 0 Å². The molecule has 2 unspecified atom stereocenters. The van der Waals surface area contributed by atoms with Crippen LogP contribution in [0.2, 0.25) is 0 Å². The lowest BCUT2D eigenvalue weighted by molar-refractivity contribution is -0.123. The van der Waals surface area contributed by atoms with E-state index < -0.39 is 6.10 Å². The van der Waals surface area contributed by atoms with Gasteiger partial charge in [0.15, 0.2) is 0 Å². The molecule has 4 nitrogen and oxygen atoms in total. The number of rotatable bonds is 4. The molecule has 1 fully saturated rings. The van der Waals surface area contributed by atoms with Gasteiger partial charge in [-0.15, -0.1) is 0 Å². The summed E-state index contributed by atoms with van der Waals surface area (Å²) in [4.78, 5) is 12.1. The molecule has 1 aliphatic heterocycles. The van der Waals surface area contributed by atoms with Crippen LogP contribution < -0.4 is 10.1 Å². The Bertz CT molecular complexity index is 456. The second-order valence-electron chi connectivity index (χ2n) is 5.05. The van der Waals surface area contributed by atoms with Gasteiger partial charge >= 0.3 is 0 Å². The van der Waals surface area contributed by atoms with E-state index in [0.29, 0.717) is 19.1 Å². The Labute approximate surface area is 106 Å². The second kappa shape index (κ2) is 4.61. The fourth-order valence-corrected chi connectivity index (χ4v) is 2.36. The summed E-state index contributed by atoms with van der Waals surface area (Å²) >= 11 is 0. The molecule has 3 rings (SSSR count). The highest BCUT2D eigenvalue weighted by Gasteiger charge is 2.33. The maximum absolute atomic E-state index is 12.1. The van der Waals surface area contributed by atoms with E-state index in [0.717, 1.165) is 24.2 Å². The van der Waals surface area contributed by atoms with Crippen LogP contribution in [0, 0.1) is 5.92 Å². The summed E-state index contributed by atoms with van der Waals surface area (Å²) in [6.45, 7) is 0.743. The average molecular weight is 247 g/mol. The summed E-state index contributed by atoms with van der Waals surface area (Å²) in [5.74, 6) is 0.880. The van der Waals surface area contributed by atoms with Crippen molar-refractivity contribution in [3.05, 3.63) is 29.8 Å². The van der Waals surface area contributed by atoms with Crippen molar-refractivity contribution < 1.29 is 14.6 Å². The lowest BCUT2D eigenvalue weighted by Gasteiger charge is -2.13. The molecule has 0 radical (unpaired) electrons. The minimum Gasteiger partial charge on any atom is -0.492 e. The van der Waals surface area contributed by atoms with Crippen molar-refractivity contribution in [2.75, 3.05) is 13.2 Å². The number of hydrogen-bond acceptors (Lipinski definition) is 3. The first-order valence-corrected chi connectivity index (χ1v) is 6.43. The Kier molecular flexibility index (Phi) is 2.96. The number of carbonyl (C=O) groups excluding carboxylic acids is 1. The first kappa shape index (κ1) is 11.5. The van der Waals surface area contributed by atoms with Crippen LogP contribution in [0.15, 0.2) is 24.3 Å². The fourth-order valence-electron chi connectivity index (χ4n) is 2.36. The molecule has 1 amide bonds. The van der Waals surface area contributed by atoms with Crippen LogP contribution in [0.5, 0.6) is 5.75 Å². The molecule has 0 spiro atoms. The lowest BCUT2D eigenvalue weighted by Crippen LogP contribution is -2.36. The van der Waals surface area contributed by atoms with E-state index in [-0.39, 0.29) is 11.8 Å². The molecule has 2 aliphatic rings. The number of hydrogen-bond donors (Lipinski definition) is 2. The first-order chi connectivity index (χ1) is 8.75. The molecule has 0 bridgehead atoms. The molecule has 1 aromatic rings. The third-order valence-electron chi connectivity index (χ3n) is 3.67. The third-order valence-corrected chi connectivity index (χ3v) is 3.67. The van der Waals surface area contributed by atoms with Gasteiger partial charge in [0, 0.05) is 12.1 Å². The van der Waals surface area contributed by atoms with Gasteiger partial charge in [-0.2, -0.15) is 0 Å². The van der Waals surface area contributed by atoms with E-state index >= 15 is 0 Å². The van der Waals surface area contributed by atoms with Crippen LogP contribution in [0.4, 0.5) is 0 Å². The zero-order valence-corrected chi connectivity index (χ0v) is 10.1. The van der Waals surface area contributed by atoms with Crippen molar-refractivity contribution in [1.82, 2.24) is 5.32 Å². The van der Waals surface area contributed by atoms with E-state index in [1.165, 1.54) is 0 Å². The number of fused-ring (bicyclic) bond motifs is 1. The van der Waals surface area contributed by atoms with Crippen molar-refractivity contribution in [3.63, 3.8) is 0 Å². The molecule has 2 N–H and O–H groups in total. The van der Waals surface area contributed by atoms with Crippen LogP contribution in [0.1, 0.15) is 24.3 Å². The summed E-state index contributed by atoms with van der Waals surface area (Å²) in [5.41, 5.74) is 0.941. The minimum absolute atomic E-state index is 0.0559. The fraction of sp³-hybridized carbons (Fsp3) is 0.500. The predicted molar refractivity (Wildman–Crippen MR) is 66.4 cm³/mol. The van der Waals surface area contributed by atoms with Crippen molar-refractivity contribution in [3.8, 4) is 5.75 Å². The normalized spacial score (nSPS) is 23.1. The van der Waals surface area contributed by atoms with Gasteiger partial charge in [-0.1, -0.05) is 18.2 Å². The van der Waals surface area contributed by atoms with E-state index in [2.05, 4.69) is 5.32 Å². The number of amides is 1. The largest absolute Gasteiger partial charge is 0.492 e. The van der Waals surface area contributed by atoms with Crippen molar-refractivity contribution in [2.24, 2.45) is 5.92 Å². The Morgan fingerprint density at radius 2 is 2.22 bits per heavy atom. The molecular weight excluding hydrogens is 230 g/mol. The molecule has 1 aromatic carbocycles. The van der Waals surface area contributed by atoms with Gasteiger partial charge in [0.1, 0.15) is 18.3 Å². The molecule has 1 aliphatic carbocycles. The Balaban J connectivity index is 1.60. The SMILES string of the molecule is O=C(NCC(O)C1CC1)C1COc2ccccc21. The van der Waals surface area contributed by atoms with E-state index in [1.54, 1.807) is 0 Å². The van der Waals surface area contributed by atoms with E-state index in [4.69, 9.17) is 4.74 Å². The third kappa shape index (κ3) is 2.20. The van der Waals surface area contributed by atoms with Gasteiger partial charge < -0.3 is 15.2 Å². The van der Waals surface area contributed by atoms with Gasteiger partial charge in [0.05, 0.1) is 6.10 Å². The molecule has 96 valence electrons. The number of carbonyl (C=O) groups is 1. The zero-order chi connectivity index (χ0) is 12.5. The Hall–Kier alpha value is -1.55. The van der Waals surface area contributed by atoms with Crippen molar-refractivity contribution in [2.45, 2.75) is 24.9 Å². The molecule has 4 heteroatoms. The van der Waals surface area contributed by atoms with Gasteiger partial charge in [-0.05, 0) is 24.8 Å². The summed E-state index contributed by atoms with van der Waals surface area (Å²) in [6.07, 6.45) is 1.75. The molecule has 0 aromatic heterocycles. The summed E-state index contributed by atoms with van der Waals surface area (Å²) in [5, 5.41) is 12.5. The van der Waals surface area contributed by atoms with Gasteiger partial charge in [-0.25, -0.2) is 0 Å². The summed E-state index contributed by atoms with van der Waals surface area (Å²) < 4.78 is 5.48. The molecule has 1 heterocycles. The highest BCUT2D eigenvalue weighted by molar-refractivity contribution is 5.85. The second-order valence-corrected chi connectivity index (χ2v) is 5.05. The summed E-state index contributed by atoms with van der Waals surface area (Å²) in [6, 6.07) is 7.61. The van der Waals surface area contributed by atoms with Crippen LogP contribution in [-0.4, -0.2) is 30.3 Å². The number of nitrogens with one attached hydrogen (secondary N) is 1. The lowest BCUT2D eigenvalue weighted by atomic mass is 10.0. The molecule has 0 saturated heterocycles. The van der Waals surface area contributed by atoms with E-state index in [1.807, 2.05) is 24.3 Å². The highest BCUT2D eigenvalue weighted by atomic mass is 16.5.